The van der Waals surface area contributed by atoms with Crippen LogP contribution in [0.15, 0.2) is 0 Å². The van der Waals surface area contributed by atoms with Crippen LogP contribution in [0.2, 0.25) is 0 Å². The fraction of sp³-hybridized carbons (Fsp3) is 1.00. The van der Waals surface area contributed by atoms with Crippen LogP contribution in [0.25, 0.3) is 0 Å². The van der Waals surface area contributed by atoms with Crippen molar-refractivity contribution in [2.75, 3.05) is 39.3 Å². The molecule has 2 rings (SSSR count). The van der Waals surface area contributed by atoms with Crippen LogP contribution < -0.4 is 0 Å². The summed E-state index contributed by atoms with van der Waals surface area (Å²) in [6.07, 6.45) is 2.82. The van der Waals surface area contributed by atoms with Gasteiger partial charge in [-0.3, -0.25) is 0 Å². The third-order valence-electron chi connectivity index (χ3n) is 3.44. The van der Waals surface area contributed by atoms with Crippen LogP contribution in [-0.2, 0) is 0 Å². The van der Waals surface area contributed by atoms with E-state index in [1.807, 2.05) is 0 Å². The summed E-state index contributed by atoms with van der Waals surface area (Å²) in [5.74, 6) is 0. The number of hydrogen-bond donors (Lipinski definition) is 2. The summed E-state index contributed by atoms with van der Waals surface area (Å²) in [4.78, 5) is 4.66. The molecule has 2 N–H and O–H groups in total. The Bertz CT molecular complexity index is 181. The van der Waals surface area contributed by atoms with Crippen molar-refractivity contribution in [1.82, 2.24) is 9.80 Å². The van der Waals surface area contributed by atoms with Gasteiger partial charge in [-0.15, -0.1) is 0 Å². The molecule has 2 aliphatic heterocycles. The topological polar surface area (TPSA) is 46.9 Å². The highest BCUT2D eigenvalue weighted by atomic mass is 16.3. The smallest absolute Gasteiger partial charge is 0.0679 e. The number of rotatable bonds is 4. The first-order valence-electron chi connectivity index (χ1n) is 6.05. The van der Waals surface area contributed by atoms with Crippen LogP contribution in [0, 0.1) is 0 Å². The fourth-order valence-electron chi connectivity index (χ4n) is 2.55. The van der Waals surface area contributed by atoms with Gasteiger partial charge in [0.05, 0.1) is 12.2 Å². The standard InChI is InChI=1S/C11H22N2O2/c14-10-2-6-12(8-10)4-1-5-13-7-3-11(15)9-13/h10-11,14-15H,1-9H2. The Hall–Kier alpha value is -0.160. The first kappa shape index (κ1) is 11.3. The lowest BCUT2D eigenvalue weighted by Crippen LogP contribution is -2.28. The van der Waals surface area contributed by atoms with E-state index in [1.54, 1.807) is 0 Å². The van der Waals surface area contributed by atoms with E-state index in [0.717, 1.165) is 58.5 Å². The summed E-state index contributed by atoms with van der Waals surface area (Å²) in [5.41, 5.74) is 0. The van der Waals surface area contributed by atoms with Gasteiger partial charge in [0, 0.05) is 26.2 Å². The van der Waals surface area contributed by atoms with Crippen molar-refractivity contribution in [1.29, 1.82) is 0 Å². The average molecular weight is 214 g/mol. The summed E-state index contributed by atoms with van der Waals surface area (Å²) in [7, 11) is 0. The van der Waals surface area contributed by atoms with Crippen LogP contribution in [0.1, 0.15) is 19.3 Å². The second-order valence-corrected chi connectivity index (χ2v) is 4.84. The number of aliphatic hydroxyl groups excluding tert-OH is 2. The molecule has 2 fully saturated rings. The Morgan fingerprint density at radius 3 is 1.67 bits per heavy atom. The molecule has 0 aromatic heterocycles. The Morgan fingerprint density at radius 1 is 0.867 bits per heavy atom. The van der Waals surface area contributed by atoms with E-state index in [4.69, 9.17) is 0 Å². The van der Waals surface area contributed by atoms with Crippen molar-refractivity contribution < 1.29 is 10.2 Å². The summed E-state index contributed by atoms with van der Waals surface area (Å²) in [6, 6.07) is 0. The molecule has 0 saturated carbocycles. The minimum Gasteiger partial charge on any atom is -0.392 e. The molecule has 0 aromatic rings. The molecular formula is C11H22N2O2. The van der Waals surface area contributed by atoms with E-state index in [-0.39, 0.29) is 12.2 Å². The number of aliphatic hydroxyl groups is 2. The monoisotopic (exact) mass is 214 g/mol. The first-order valence-corrected chi connectivity index (χ1v) is 6.05. The van der Waals surface area contributed by atoms with E-state index in [0.29, 0.717) is 0 Å². The molecule has 15 heavy (non-hydrogen) atoms. The van der Waals surface area contributed by atoms with Crippen LogP contribution in [0.5, 0.6) is 0 Å². The second-order valence-electron chi connectivity index (χ2n) is 4.84. The van der Waals surface area contributed by atoms with Crippen LogP contribution >= 0.6 is 0 Å². The molecule has 0 bridgehead atoms. The molecule has 2 heterocycles. The normalized spacial score (nSPS) is 34.0. The maximum Gasteiger partial charge on any atom is 0.0679 e. The summed E-state index contributed by atoms with van der Waals surface area (Å²) >= 11 is 0. The summed E-state index contributed by atoms with van der Waals surface area (Å²) in [6.45, 7) is 5.96. The quantitative estimate of drug-likeness (QED) is 0.663. The molecule has 2 saturated heterocycles. The first-order chi connectivity index (χ1) is 7.24. The van der Waals surface area contributed by atoms with E-state index >= 15 is 0 Å². The van der Waals surface area contributed by atoms with Gasteiger partial charge in [0.1, 0.15) is 0 Å². The Morgan fingerprint density at radius 2 is 1.33 bits per heavy atom. The van der Waals surface area contributed by atoms with E-state index in [9.17, 15) is 10.2 Å². The zero-order chi connectivity index (χ0) is 10.7. The van der Waals surface area contributed by atoms with E-state index in [1.165, 1.54) is 0 Å². The van der Waals surface area contributed by atoms with Crippen LogP contribution in [0.3, 0.4) is 0 Å². The van der Waals surface area contributed by atoms with Crippen molar-refractivity contribution >= 4 is 0 Å². The van der Waals surface area contributed by atoms with E-state index < -0.39 is 0 Å². The molecule has 0 spiro atoms. The van der Waals surface area contributed by atoms with Crippen molar-refractivity contribution in [2.45, 2.75) is 31.5 Å². The molecule has 0 aromatic carbocycles. The Kier molecular flexibility index (Phi) is 3.97. The summed E-state index contributed by atoms with van der Waals surface area (Å²) in [5, 5.41) is 18.7. The third-order valence-corrected chi connectivity index (χ3v) is 3.44. The number of hydrogen-bond acceptors (Lipinski definition) is 4. The van der Waals surface area contributed by atoms with Crippen molar-refractivity contribution in [3.8, 4) is 0 Å². The largest absolute Gasteiger partial charge is 0.392 e. The van der Waals surface area contributed by atoms with Gasteiger partial charge >= 0.3 is 0 Å². The van der Waals surface area contributed by atoms with Gasteiger partial charge in [0.2, 0.25) is 0 Å². The van der Waals surface area contributed by atoms with Gasteiger partial charge in [-0.25, -0.2) is 0 Å². The molecule has 0 radical (unpaired) electrons. The number of likely N-dealkylation sites (tertiary alicyclic amines) is 2. The predicted octanol–water partition coefficient (Wildman–Crippen LogP) is -0.490. The molecule has 0 amide bonds. The van der Waals surface area contributed by atoms with Gasteiger partial charge in [0.25, 0.3) is 0 Å². The minimum atomic E-state index is -0.0985. The highest BCUT2D eigenvalue weighted by Crippen LogP contribution is 2.11. The molecule has 2 aliphatic rings. The lowest BCUT2D eigenvalue weighted by atomic mass is 10.3. The Balaban J connectivity index is 1.55. The molecular weight excluding hydrogens is 192 g/mol. The van der Waals surface area contributed by atoms with Crippen LogP contribution in [-0.4, -0.2) is 71.5 Å². The molecule has 2 unspecified atom stereocenters. The predicted molar refractivity (Wildman–Crippen MR) is 58.7 cm³/mol. The van der Waals surface area contributed by atoms with Crippen LogP contribution in [0.4, 0.5) is 0 Å². The van der Waals surface area contributed by atoms with Gasteiger partial charge < -0.3 is 20.0 Å². The second kappa shape index (κ2) is 5.25. The number of β-amino-alcohol motifs (C(OH)–C–C–N with tert-alkyl or cyclic N) is 2. The maximum atomic E-state index is 9.36. The van der Waals surface area contributed by atoms with Gasteiger partial charge in [-0.2, -0.15) is 0 Å². The fourth-order valence-corrected chi connectivity index (χ4v) is 2.55. The maximum absolute atomic E-state index is 9.36. The molecule has 2 atom stereocenters. The van der Waals surface area contributed by atoms with E-state index in [2.05, 4.69) is 9.80 Å². The zero-order valence-electron chi connectivity index (χ0n) is 9.31. The van der Waals surface area contributed by atoms with Crippen molar-refractivity contribution in [3.63, 3.8) is 0 Å². The highest BCUT2D eigenvalue weighted by molar-refractivity contribution is 4.77. The molecule has 88 valence electrons. The van der Waals surface area contributed by atoms with Gasteiger partial charge in [-0.05, 0) is 32.4 Å². The molecule has 4 heteroatoms. The molecule has 0 aliphatic carbocycles. The SMILES string of the molecule is OC1CCN(CCCN2CCC(O)C2)C1. The van der Waals surface area contributed by atoms with Crippen molar-refractivity contribution in [2.24, 2.45) is 0 Å². The van der Waals surface area contributed by atoms with Crippen molar-refractivity contribution in [3.05, 3.63) is 0 Å². The third kappa shape index (κ3) is 3.41. The van der Waals surface area contributed by atoms with Gasteiger partial charge in [-0.1, -0.05) is 0 Å². The zero-order valence-corrected chi connectivity index (χ0v) is 9.31. The Labute approximate surface area is 91.5 Å². The van der Waals surface area contributed by atoms with Gasteiger partial charge in [0.15, 0.2) is 0 Å². The highest BCUT2D eigenvalue weighted by Gasteiger charge is 2.21. The minimum absolute atomic E-state index is 0.0985. The molecule has 4 nitrogen and oxygen atoms in total. The summed E-state index contributed by atoms with van der Waals surface area (Å²) < 4.78 is 0. The lowest BCUT2D eigenvalue weighted by Gasteiger charge is -2.18. The lowest BCUT2D eigenvalue weighted by molar-refractivity contribution is 0.167. The average Bonchev–Trinajstić information content (AvgIpc) is 2.76. The number of nitrogens with zero attached hydrogens (tertiary/aromatic N) is 2.